The van der Waals surface area contributed by atoms with E-state index in [9.17, 15) is 9.90 Å². The molecule has 1 aromatic rings. The van der Waals surface area contributed by atoms with Crippen molar-refractivity contribution in [2.45, 2.75) is 32.2 Å². The van der Waals surface area contributed by atoms with Gasteiger partial charge in [0.15, 0.2) is 5.75 Å². The van der Waals surface area contributed by atoms with Gasteiger partial charge in [-0.25, -0.2) is 0 Å². The molecule has 106 valence electrons. The molecule has 4 nitrogen and oxygen atoms in total. The zero-order valence-electron chi connectivity index (χ0n) is 10.7. The monoisotopic (exact) mass is 305 g/mol. The highest BCUT2D eigenvalue weighted by atomic mass is 35.5. The summed E-state index contributed by atoms with van der Waals surface area (Å²) in [5, 5.41) is 9.70. The number of rotatable bonds is 6. The minimum Gasteiger partial charge on any atom is -0.505 e. The lowest BCUT2D eigenvalue weighted by Gasteiger charge is -2.12. The first-order valence-electron chi connectivity index (χ1n) is 6.04. The number of halogens is 2. The zero-order chi connectivity index (χ0) is 14.4. The molecule has 0 aromatic heterocycles. The Kier molecular flexibility index (Phi) is 6.42. The van der Waals surface area contributed by atoms with Gasteiger partial charge in [0.1, 0.15) is 6.04 Å². The molecule has 0 saturated carbocycles. The van der Waals surface area contributed by atoms with Gasteiger partial charge in [0.2, 0.25) is 0 Å². The van der Waals surface area contributed by atoms with E-state index in [1.165, 1.54) is 12.1 Å². The number of nitrogens with two attached hydrogens (primary N) is 1. The molecule has 0 radical (unpaired) electrons. The van der Waals surface area contributed by atoms with Gasteiger partial charge in [0, 0.05) is 0 Å². The van der Waals surface area contributed by atoms with Crippen LogP contribution in [0.4, 0.5) is 0 Å². The number of esters is 1. The number of hydrogen-bond acceptors (Lipinski definition) is 4. The van der Waals surface area contributed by atoms with Crippen LogP contribution in [0.5, 0.6) is 5.75 Å². The molecule has 1 rings (SSSR count). The molecule has 1 atom stereocenters. The topological polar surface area (TPSA) is 72.5 Å². The molecule has 3 N–H and O–H groups in total. The van der Waals surface area contributed by atoms with Gasteiger partial charge in [-0.3, -0.25) is 4.79 Å². The fourth-order valence-electron chi connectivity index (χ4n) is 1.50. The Morgan fingerprint density at radius 3 is 2.53 bits per heavy atom. The van der Waals surface area contributed by atoms with Crippen molar-refractivity contribution in [1.82, 2.24) is 0 Å². The molecule has 0 saturated heterocycles. The van der Waals surface area contributed by atoms with Crippen LogP contribution >= 0.6 is 23.2 Å². The predicted molar refractivity (Wildman–Crippen MR) is 75.7 cm³/mol. The van der Waals surface area contributed by atoms with E-state index in [2.05, 4.69) is 0 Å². The van der Waals surface area contributed by atoms with Gasteiger partial charge in [-0.05, 0) is 30.5 Å². The second-order valence-corrected chi connectivity index (χ2v) is 5.05. The van der Waals surface area contributed by atoms with E-state index < -0.39 is 12.0 Å². The van der Waals surface area contributed by atoms with Crippen molar-refractivity contribution in [2.24, 2.45) is 5.73 Å². The molecule has 1 aromatic carbocycles. The highest BCUT2D eigenvalue weighted by Gasteiger charge is 2.17. The predicted octanol–water partition coefficient (Wildman–Crippen LogP) is 2.91. The lowest BCUT2D eigenvalue weighted by atomic mass is 10.1. The van der Waals surface area contributed by atoms with Crippen LogP contribution in [0, 0.1) is 0 Å². The smallest absolute Gasteiger partial charge is 0.323 e. The van der Waals surface area contributed by atoms with Crippen LogP contribution in [0.25, 0.3) is 0 Å². The average Bonchev–Trinajstić information content (AvgIpc) is 2.36. The maximum Gasteiger partial charge on any atom is 0.323 e. The number of phenols is 1. The minimum absolute atomic E-state index is 0.133. The van der Waals surface area contributed by atoms with E-state index >= 15 is 0 Å². The number of unbranched alkanes of at least 4 members (excludes halogenated alkanes) is 1. The van der Waals surface area contributed by atoms with Crippen LogP contribution in [-0.2, 0) is 16.0 Å². The number of carbonyl (C=O) groups is 1. The third kappa shape index (κ3) is 4.90. The molecular formula is C13H17Cl2NO3. The van der Waals surface area contributed by atoms with Crippen molar-refractivity contribution < 1.29 is 14.6 Å². The summed E-state index contributed by atoms with van der Waals surface area (Å²) in [7, 11) is 0. The number of ether oxygens (including phenoxy) is 1. The van der Waals surface area contributed by atoms with Gasteiger partial charge >= 0.3 is 5.97 Å². The molecule has 0 bridgehead atoms. The van der Waals surface area contributed by atoms with Gasteiger partial charge in [0.05, 0.1) is 16.7 Å². The Balaban J connectivity index is 2.61. The number of benzene rings is 1. The van der Waals surface area contributed by atoms with Gasteiger partial charge in [-0.2, -0.15) is 0 Å². The summed E-state index contributed by atoms with van der Waals surface area (Å²) in [5.41, 5.74) is 6.42. The largest absolute Gasteiger partial charge is 0.505 e. The first-order chi connectivity index (χ1) is 8.95. The number of hydrogen-bond donors (Lipinski definition) is 2. The molecule has 0 aliphatic heterocycles. The third-order valence-electron chi connectivity index (χ3n) is 2.58. The van der Waals surface area contributed by atoms with Crippen molar-refractivity contribution in [2.75, 3.05) is 6.61 Å². The average molecular weight is 306 g/mol. The van der Waals surface area contributed by atoms with Crippen LogP contribution in [0.2, 0.25) is 10.0 Å². The van der Waals surface area contributed by atoms with Crippen molar-refractivity contribution in [1.29, 1.82) is 0 Å². The molecule has 0 aliphatic rings. The van der Waals surface area contributed by atoms with Crippen LogP contribution in [0.1, 0.15) is 25.3 Å². The van der Waals surface area contributed by atoms with E-state index in [-0.39, 0.29) is 22.2 Å². The van der Waals surface area contributed by atoms with Crippen LogP contribution in [0.3, 0.4) is 0 Å². The van der Waals surface area contributed by atoms with Crippen molar-refractivity contribution in [3.05, 3.63) is 27.7 Å². The first kappa shape index (κ1) is 16.1. The molecule has 0 unspecified atom stereocenters. The SMILES string of the molecule is CCCCOC(=O)[C@H](N)Cc1cc(Cl)c(O)c(Cl)c1. The first-order valence-corrected chi connectivity index (χ1v) is 6.80. The summed E-state index contributed by atoms with van der Waals surface area (Å²) >= 11 is 11.6. The summed E-state index contributed by atoms with van der Waals surface area (Å²) < 4.78 is 5.02. The van der Waals surface area contributed by atoms with E-state index in [1.807, 2.05) is 6.92 Å². The second-order valence-electron chi connectivity index (χ2n) is 4.24. The Morgan fingerprint density at radius 1 is 1.42 bits per heavy atom. The second kappa shape index (κ2) is 7.58. The fourth-order valence-corrected chi connectivity index (χ4v) is 2.03. The molecule has 19 heavy (non-hydrogen) atoms. The van der Waals surface area contributed by atoms with Crippen molar-refractivity contribution >= 4 is 29.2 Å². The minimum atomic E-state index is -0.770. The van der Waals surface area contributed by atoms with E-state index in [1.54, 1.807) is 0 Å². The number of carbonyl (C=O) groups excluding carboxylic acids is 1. The number of phenolic OH excluding ortho intramolecular Hbond substituents is 1. The van der Waals surface area contributed by atoms with Crippen molar-refractivity contribution in [3.8, 4) is 5.75 Å². The summed E-state index contributed by atoms with van der Waals surface area (Å²) in [6.45, 7) is 2.38. The van der Waals surface area contributed by atoms with Crippen LogP contribution < -0.4 is 5.73 Å². The quantitative estimate of drug-likeness (QED) is 0.626. The molecule has 0 spiro atoms. The summed E-state index contributed by atoms with van der Waals surface area (Å²) in [6, 6.07) is 2.29. The third-order valence-corrected chi connectivity index (χ3v) is 3.15. The van der Waals surface area contributed by atoms with Gasteiger partial charge < -0.3 is 15.6 Å². The lowest BCUT2D eigenvalue weighted by molar-refractivity contribution is -0.145. The molecule has 0 aliphatic carbocycles. The molecule has 0 heterocycles. The maximum atomic E-state index is 11.6. The number of aromatic hydroxyl groups is 1. The van der Waals surface area contributed by atoms with E-state index in [4.69, 9.17) is 33.7 Å². The Morgan fingerprint density at radius 2 is 2.00 bits per heavy atom. The van der Waals surface area contributed by atoms with Gasteiger partial charge in [-0.15, -0.1) is 0 Å². The summed E-state index contributed by atoms with van der Waals surface area (Å²) in [6.07, 6.45) is 2.02. The van der Waals surface area contributed by atoms with Crippen LogP contribution in [0.15, 0.2) is 12.1 Å². The zero-order valence-corrected chi connectivity index (χ0v) is 12.2. The molecule has 0 amide bonds. The highest BCUT2D eigenvalue weighted by molar-refractivity contribution is 6.37. The van der Waals surface area contributed by atoms with E-state index in [0.717, 1.165) is 12.8 Å². The maximum absolute atomic E-state index is 11.6. The highest BCUT2D eigenvalue weighted by Crippen LogP contribution is 2.32. The molecule has 0 fully saturated rings. The van der Waals surface area contributed by atoms with E-state index in [0.29, 0.717) is 12.2 Å². The summed E-state index contributed by atoms with van der Waals surface area (Å²) in [4.78, 5) is 11.6. The van der Waals surface area contributed by atoms with Crippen LogP contribution in [-0.4, -0.2) is 23.7 Å². The Bertz CT molecular complexity index is 429. The standard InChI is InChI=1S/C13H17Cl2NO3/c1-2-3-4-19-13(18)11(16)7-8-5-9(14)12(17)10(15)6-8/h5-6,11,17H,2-4,7,16H2,1H3/t11-/m1/s1. The normalized spacial score (nSPS) is 12.2. The molecular weight excluding hydrogens is 289 g/mol. The van der Waals surface area contributed by atoms with Gasteiger partial charge in [-0.1, -0.05) is 36.5 Å². The molecule has 6 heteroatoms. The summed E-state index contributed by atoms with van der Waals surface area (Å²) in [5.74, 6) is -0.625. The fraction of sp³-hybridized carbons (Fsp3) is 0.462. The van der Waals surface area contributed by atoms with Crippen molar-refractivity contribution in [3.63, 3.8) is 0 Å². The van der Waals surface area contributed by atoms with Gasteiger partial charge in [0.25, 0.3) is 0 Å². The Labute approximate surface area is 122 Å². The Hall–Kier alpha value is -0.970. The lowest BCUT2D eigenvalue weighted by Crippen LogP contribution is -2.34.